The lowest BCUT2D eigenvalue weighted by Crippen LogP contribution is -2.15. The number of hydrogen-bond acceptors (Lipinski definition) is 5. The molecule has 2 amide bonds. The molecule has 0 unspecified atom stereocenters. The van der Waals surface area contributed by atoms with Gasteiger partial charge < -0.3 is 5.73 Å². The van der Waals surface area contributed by atoms with E-state index in [9.17, 15) is 9.59 Å². The molecule has 0 aliphatic rings. The molecule has 0 saturated carbocycles. The van der Waals surface area contributed by atoms with Crippen molar-refractivity contribution in [3.05, 3.63) is 53.6 Å². The van der Waals surface area contributed by atoms with Crippen LogP contribution in [0, 0.1) is 0 Å². The minimum Gasteiger partial charge on any atom is -0.369 e. The lowest BCUT2D eigenvalue weighted by molar-refractivity contribution is -0.115. The van der Waals surface area contributed by atoms with Crippen molar-refractivity contribution in [1.29, 1.82) is 0 Å². The van der Waals surface area contributed by atoms with Gasteiger partial charge in [-0.1, -0.05) is 36.5 Å². The highest BCUT2D eigenvalue weighted by Crippen LogP contribution is 2.28. The van der Waals surface area contributed by atoms with E-state index in [1.54, 1.807) is 18.2 Å². The average molecular weight is 371 g/mol. The number of amides is 2. The Balaban J connectivity index is 1.81. The number of carbonyl (C=O) groups is 2. The molecule has 128 valence electrons. The summed E-state index contributed by atoms with van der Waals surface area (Å²) in [5, 5.41) is 3.41. The van der Waals surface area contributed by atoms with E-state index in [1.165, 1.54) is 28.7 Å². The number of nitrogens with one attached hydrogen (secondary N) is 1. The Morgan fingerprint density at radius 3 is 2.80 bits per heavy atom. The van der Waals surface area contributed by atoms with Crippen LogP contribution in [0.15, 0.2) is 47.4 Å². The molecule has 1 heterocycles. The van der Waals surface area contributed by atoms with Crippen molar-refractivity contribution in [3.63, 3.8) is 0 Å². The van der Waals surface area contributed by atoms with Gasteiger partial charge in [0.2, 0.25) is 5.91 Å². The number of fused-ring (bicyclic) bond motifs is 1. The minimum absolute atomic E-state index is 0.130. The first-order valence-electron chi connectivity index (χ1n) is 7.77. The van der Waals surface area contributed by atoms with Crippen molar-refractivity contribution in [2.45, 2.75) is 18.2 Å². The summed E-state index contributed by atoms with van der Waals surface area (Å²) in [6.45, 7) is 2.10. The van der Waals surface area contributed by atoms with Crippen molar-refractivity contribution >= 4 is 50.3 Å². The fourth-order valence-corrected chi connectivity index (χ4v) is 4.05. The Morgan fingerprint density at radius 1 is 1.24 bits per heavy atom. The van der Waals surface area contributed by atoms with Crippen LogP contribution in [0.2, 0.25) is 0 Å². The zero-order valence-electron chi connectivity index (χ0n) is 13.6. The first kappa shape index (κ1) is 17.4. The molecule has 0 atom stereocenters. The summed E-state index contributed by atoms with van der Waals surface area (Å²) >= 11 is 2.70. The molecule has 3 aromatic rings. The number of anilines is 1. The molecule has 0 aliphatic heterocycles. The molecular formula is C18H17N3O2S2. The van der Waals surface area contributed by atoms with Crippen LogP contribution in [0.4, 0.5) is 5.13 Å². The SMILES string of the molecule is CCc1ccc2nc(NC(=O)c3ccccc3SCC(N)=O)sc2c1. The third-order valence-corrected chi connectivity index (χ3v) is 5.61. The van der Waals surface area contributed by atoms with Crippen LogP contribution in [-0.4, -0.2) is 22.6 Å². The van der Waals surface area contributed by atoms with Gasteiger partial charge in [-0.15, -0.1) is 11.8 Å². The molecule has 5 nitrogen and oxygen atoms in total. The monoisotopic (exact) mass is 371 g/mol. The Kier molecular flexibility index (Phi) is 5.35. The Bertz CT molecular complexity index is 937. The largest absolute Gasteiger partial charge is 0.369 e. The van der Waals surface area contributed by atoms with Gasteiger partial charge >= 0.3 is 0 Å². The number of nitrogens with zero attached hydrogens (tertiary/aromatic N) is 1. The van der Waals surface area contributed by atoms with Crippen LogP contribution in [0.5, 0.6) is 0 Å². The van der Waals surface area contributed by atoms with E-state index >= 15 is 0 Å². The van der Waals surface area contributed by atoms with Crippen LogP contribution >= 0.6 is 23.1 Å². The molecule has 0 aliphatic carbocycles. The molecule has 0 bridgehead atoms. The van der Waals surface area contributed by atoms with Gasteiger partial charge in [0.25, 0.3) is 5.91 Å². The van der Waals surface area contributed by atoms with E-state index in [0.717, 1.165) is 16.6 Å². The number of hydrogen-bond donors (Lipinski definition) is 2. The Labute approximate surface area is 153 Å². The smallest absolute Gasteiger partial charge is 0.258 e. The second-order valence-electron chi connectivity index (χ2n) is 5.38. The first-order valence-corrected chi connectivity index (χ1v) is 9.58. The van der Waals surface area contributed by atoms with Crippen LogP contribution < -0.4 is 11.1 Å². The van der Waals surface area contributed by atoms with Crippen LogP contribution in [-0.2, 0) is 11.2 Å². The summed E-state index contributed by atoms with van der Waals surface area (Å²) in [6, 6.07) is 13.2. The quantitative estimate of drug-likeness (QED) is 0.647. The summed E-state index contributed by atoms with van der Waals surface area (Å²) in [5.41, 5.74) is 7.80. The highest BCUT2D eigenvalue weighted by Gasteiger charge is 2.14. The van der Waals surface area contributed by atoms with Crippen LogP contribution in [0.1, 0.15) is 22.8 Å². The second kappa shape index (κ2) is 7.67. The molecule has 7 heteroatoms. The maximum atomic E-state index is 12.6. The summed E-state index contributed by atoms with van der Waals surface area (Å²) in [5.74, 6) is -0.536. The van der Waals surface area contributed by atoms with E-state index in [0.29, 0.717) is 15.6 Å². The third-order valence-electron chi connectivity index (χ3n) is 3.58. The van der Waals surface area contributed by atoms with E-state index in [2.05, 4.69) is 23.3 Å². The van der Waals surface area contributed by atoms with Crippen molar-refractivity contribution in [1.82, 2.24) is 4.98 Å². The topological polar surface area (TPSA) is 85.1 Å². The summed E-state index contributed by atoms with van der Waals surface area (Å²) in [7, 11) is 0. The molecule has 25 heavy (non-hydrogen) atoms. The number of benzene rings is 2. The van der Waals surface area contributed by atoms with Gasteiger partial charge in [-0.05, 0) is 36.2 Å². The van der Waals surface area contributed by atoms with Gasteiger partial charge in [-0.3, -0.25) is 14.9 Å². The standard InChI is InChI=1S/C18H17N3O2S2/c1-2-11-7-8-13-15(9-11)25-18(20-13)21-17(23)12-5-3-4-6-14(12)24-10-16(19)22/h3-9H,2,10H2,1H3,(H2,19,22)(H,20,21,23). The number of rotatable bonds is 6. The number of carbonyl (C=O) groups excluding carboxylic acids is 2. The van der Waals surface area contributed by atoms with Gasteiger partial charge in [0, 0.05) is 4.90 Å². The van der Waals surface area contributed by atoms with Gasteiger partial charge in [0.05, 0.1) is 21.5 Å². The molecule has 2 aromatic carbocycles. The van der Waals surface area contributed by atoms with E-state index in [-0.39, 0.29) is 11.7 Å². The average Bonchev–Trinajstić information content (AvgIpc) is 3.01. The number of thioether (sulfide) groups is 1. The van der Waals surface area contributed by atoms with E-state index in [4.69, 9.17) is 5.73 Å². The van der Waals surface area contributed by atoms with Crippen molar-refractivity contribution in [2.24, 2.45) is 5.73 Å². The first-order chi connectivity index (χ1) is 12.1. The summed E-state index contributed by atoms with van der Waals surface area (Å²) in [6.07, 6.45) is 0.958. The minimum atomic E-state index is -0.418. The summed E-state index contributed by atoms with van der Waals surface area (Å²) in [4.78, 5) is 28.8. The number of aromatic nitrogens is 1. The molecular weight excluding hydrogens is 354 g/mol. The van der Waals surface area contributed by atoms with Crippen LogP contribution in [0.3, 0.4) is 0 Å². The van der Waals surface area contributed by atoms with Gasteiger partial charge in [0.1, 0.15) is 0 Å². The van der Waals surface area contributed by atoms with E-state index in [1.807, 2.05) is 18.2 Å². The van der Waals surface area contributed by atoms with E-state index < -0.39 is 5.91 Å². The predicted molar refractivity (Wildman–Crippen MR) is 103 cm³/mol. The summed E-state index contributed by atoms with van der Waals surface area (Å²) < 4.78 is 1.05. The second-order valence-corrected chi connectivity index (χ2v) is 7.43. The maximum absolute atomic E-state index is 12.6. The van der Waals surface area contributed by atoms with Gasteiger partial charge in [0.15, 0.2) is 5.13 Å². The molecule has 3 rings (SSSR count). The third kappa shape index (κ3) is 4.18. The zero-order chi connectivity index (χ0) is 17.8. The molecule has 1 aromatic heterocycles. The van der Waals surface area contributed by atoms with Crippen molar-refractivity contribution in [2.75, 3.05) is 11.1 Å². The van der Waals surface area contributed by atoms with Gasteiger partial charge in [-0.2, -0.15) is 0 Å². The van der Waals surface area contributed by atoms with Crippen LogP contribution in [0.25, 0.3) is 10.2 Å². The molecule has 0 fully saturated rings. The zero-order valence-corrected chi connectivity index (χ0v) is 15.2. The molecule has 0 saturated heterocycles. The Hall–Kier alpha value is -2.38. The number of nitrogens with two attached hydrogens (primary N) is 1. The fraction of sp³-hybridized carbons (Fsp3) is 0.167. The Morgan fingerprint density at radius 2 is 2.04 bits per heavy atom. The number of primary amides is 1. The predicted octanol–water partition coefficient (Wildman–Crippen LogP) is 3.69. The lowest BCUT2D eigenvalue weighted by Gasteiger charge is -2.07. The highest BCUT2D eigenvalue weighted by atomic mass is 32.2. The van der Waals surface area contributed by atoms with Crippen molar-refractivity contribution < 1.29 is 9.59 Å². The number of aryl methyl sites for hydroxylation is 1. The van der Waals surface area contributed by atoms with Gasteiger partial charge in [-0.25, -0.2) is 4.98 Å². The molecule has 0 spiro atoms. The normalized spacial score (nSPS) is 10.8. The lowest BCUT2D eigenvalue weighted by atomic mass is 10.2. The highest BCUT2D eigenvalue weighted by molar-refractivity contribution is 8.00. The maximum Gasteiger partial charge on any atom is 0.258 e. The molecule has 3 N–H and O–H groups in total. The number of thiazole rings is 1. The fourth-order valence-electron chi connectivity index (χ4n) is 2.34. The molecule has 0 radical (unpaired) electrons. The van der Waals surface area contributed by atoms with Crippen molar-refractivity contribution in [3.8, 4) is 0 Å².